The number of ether oxygens (including phenoxy) is 1. The largest absolute Gasteiger partial charge is 0.391 e. The highest BCUT2D eigenvalue weighted by Gasteiger charge is 2.45. The highest BCUT2D eigenvalue weighted by atomic mass is 19.4. The molecule has 1 aliphatic carbocycles. The van der Waals surface area contributed by atoms with Crippen molar-refractivity contribution in [2.24, 2.45) is 11.8 Å². The summed E-state index contributed by atoms with van der Waals surface area (Å²) in [6, 6.07) is 0. The van der Waals surface area contributed by atoms with Crippen molar-refractivity contribution >= 4 is 0 Å². The summed E-state index contributed by atoms with van der Waals surface area (Å²) in [7, 11) is 0. The molecular formula is C13H21F3O2. The molecule has 1 aliphatic heterocycles. The van der Waals surface area contributed by atoms with E-state index in [1.54, 1.807) is 0 Å². The fourth-order valence-electron chi connectivity index (χ4n) is 3.17. The van der Waals surface area contributed by atoms with Crippen LogP contribution in [0.5, 0.6) is 0 Å². The van der Waals surface area contributed by atoms with Gasteiger partial charge in [-0.05, 0) is 50.9 Å². The average Bonchev–Trinajstić information content (AvgIpc) is 2.29. The van der Waals surface area contributed by atoms with Gasteiger partial charge in [-0.2, -0.15) is 13.2 Å². The van der Waals surface area contributed by atoms with Crippen molar-refractivity contribution in [3.05, 3.63) is 0 Å². The molecule has 1 heterocycles. The zero-order valence-corrected chi connectivity index (χ0v) is 10.5. The molecule has 18 heavy (non-hydrogen) atoms. The molecule has 0 atom stereocenters. The first-order chi connectivity index (χ1) is 8.39. The second kappa shape index (κ2) is 5.37. The molecule has 106 valence electrons. The van der Waals surface area contributed by atoms with Crippen LogP contribution in [0.3, 0.4) is 0 Å². The maximum Gasteiger partial charge on any atom is 0.391 e. The quantitative estimate of drug-likeness (QED) is 0.831. The van der Waals surface area contributed by atoms with Gasteiger partial charge in [0.2, 0.25) is 0 Å². The zero-order chi connectivity index (χ0) is 13.2. The molecule has 1 N–H and O–H groups in total. The molecule has 0 spiro atoms. The highest BCUT2D eigenvalue weighted by Crippen LogP contribution is 2.43. The van der Waals surface area contributed by atoms with Gasteiger partial charge in [0.15, 0.2) is 0 Å². The van der Waals surface area contributed by atoms with Crippen LogP contribution in [0.1, 0.15) is 44.9 Å². The van der Waals surface area contributed by atoms with Gasteiger partial charge in [-0.25, -0.2) is 0 Å². The van der Waals surface area contributed by atoms with Gasteiger partial charge in [0, 0.05) is 13.2 Å². The molecule has 0 aromatic rings. The Morgan fingerprint density at radius 2 is 1.61 bits per heavy atom. The Balaban J connectivity index is 1.83. The lowest BCUT2D eigenvalue weighted by atomic mass is 9.73. The van der Waals surface area contributed by atoms with Crippen LogP contribution in [0.2, 0.25) is 0 Å². The Morgan fingerprint density at radius 1 is 1.06 bits per heavy atom. The van der Waals surface area contributed by atoms with Gasteiger partial charge in [-0.1, -0.05) is 0 Å². The summed E-state index contributed by atoms with van der Waals surface area (Å²) in [5.74, 6) is -0.807. The monoisotopic (exact) mass is 266 g/mol. The molecule has 0 radical (unpaired) electrons. The summed E-state index contributed by atoms with van der Waals surface area (Å²) in [5.41, 5.74) is -0.871. The lowest BCUT2D eigenvalue weighted by Crippen LogP contribution is -2.40. The maximum absolute atomic E-state index is 12.6. The molecule has 0 aromatic heterocycles. The van der Waals surface area contributed by atoms with Gasteiger partial charge in [-0.15, -0.1) is 0 Å². The van der Waals surface area contributed by atoms with Crippen molar-refractivity contribution in [1.82, 2.24) is 0 Å². The SMILES string of the molecule is OC1(CC2CCOCC2)CCC(C(F)(F)F)CC1. The van der Waals surface area contributed by atoms with Crippen molar-refractivity contribution < 1.29 is 23.0 Å². The molecule has 1 saturated heterocycles. The third-order valence-electron chi connectivity index (χ3n) is 4.39. The molecule has 0 aromatic carbocycles. The summed E-state index contributed by atoms with van der Waals surface area (Å²) in [6.45, 7) is 1.43. The van der Waals surface area contributed by atoms with E-state index in [9.17, 15) is 18.3 Å². The lowest BCUT2D eigenvalue weighted by Gasteiger charge is -2.39. The second-order valence-corrected chi connectivity index (χ2v) is 5.80. The summed E-state index contributed by atoms with van der Waals surface area (Å²) in [5, 5.41) is 10.4. The summed E-state index contributed by atoms with van der Waals surface area (Å²) >= 11 is 0. The van der Waals surface area contributed by atoms with Crippen LogP contribution in [0.15, 0.2) is 0 Å². The Labute approximate surface area is 106 Å². The number of hydrogen-bond acceptors (Lipinski definition) is 2. The predicted octanol–water partition coefficient (Wildman–Crippen LogP) is 3.29. The molecule has 0 unspecified atom stereocenters. The molecule has 0 amide bonds. The van der Waals surface area contributed by atoms with Crippen molar-refractivity contribution in [1.29, 1.82) is 0 Å². The number of hydrogen-bond donors (Lipinski definition) is 1. The Bertz CT molecular complexity index is 264. The van der Waals surface area contributed by atoms with Crippen molar-refractivity contribution in [2.45, 2.75) is 56.7 Å². The summed E-state index contributed by atoms with van der Waals surface area (Å²) in [6.07, 6.45) is -0.896. The van der Waals surface area contributed by atoms with E-state index in [4.69, 9.17) is 4.74 Å². The first kappa shape index (κ1) is 14.1. The fourth-order valence-corrected chi connectivity index (χ4v) is 3.17. The molecular weight excluding hydrogens is 245 g/mol. The molecule has 2 rings (SSSR count). The topological polar surface area (TPSA) is 29.5 Å². The van der Waals surface area contributed by atoms with Gasteiger partial charge in [0.25, 0.3) is 0 Å². The van der Waals surface area contributed by atoms with Gasteiger partial charge in [-0.3, -0.25) is 0 Å². The minimum Gasteiger partial charge on any atom is -0.390 e. The third-order valence-corrected chi connectivity index (χ3v) is 4.39. The van der Waals surface area contributed by atoms with Crippen molar-refractivity contribution in [3.63, 3.8) is 0 Å². The molecule has 2 aliphatic rings. The van der Waals surface area contributed by atoms with Crippen molar-refractivity contribution in [3.8, 4) is 0 Å². The molecule has 0 bridgehead atoms. The normalized spacial score (nSPS) is 35.7. The van der Waals surface area contributed by atoms with E-state index in [0.717, 1.165) is 12.8 Å². The maximum atomic E-state index is 12.6. The number of halogens is 3. The van der Waals surface area contributed by atoms with E-state index in [1.165, 1.54) is 0 Å². The standard InChI is InChI=1S/C13H21F3O2/c14-13(15,16)11-1-5-12(17,6-2-11)9-10-3-7-18-8-4-10/h10-11,17H,1-9H2. The number of aliphatic hydroxyl groups is 1. The van der Waals surface area contributed by atoms with Crippen molar-refractivity contribution in [2.75, 3.05) is 13.2 Å². The van der Waals surface area contributed by atoms with Gasteiger partial charge in [0.1, 0.15) is 0 Å². The van der Waals surface area contributed by atoms with Crippen LogP contribution in [-0.4, -0.2) is 30.1 Å². The minimum atomic E-state index is -4.10. The van der Waals surface area contributed by atoms with Crippen LogP contribution in [0.25, 0.3) is 0 Å². The average molecular weight is 266 g/mol. The van der Waals surface area contributed by atoms with Crippen LogP contribution in [0.4, 0.5) is 13.2 Å². The van der Waals surface area contributed by atoms with E-state index < -0.39 is 17.7 Å². The Morgan fingerprint density at radius 3 is 2.11 bits per heavy atom. The van der Waals surface area contributed by atoms with Gasteiger partial charge in [0.05, 0.1) is 11.5 Å². The van der Waals surface area contributed by atoms with E-state index >= 15 is 0 Å². The van der Waals surface area contributed by atoms with Crippen LogP contribution < -0.4 is 0 Å². The first-order valence-electron chi connectivity index (χ1n) is 6.76. The number of rotatable bonds is 2. The van der Waals surface area contributed by atoms with E-state index in [0.29, 0.717) is 25.6 Å². The van der Waals surface area contributed by atoms with E-state index in [2.05, 4.69) is 0 Å². The third kappa shape index (κ3) is 3.60. The molecule has 2 fully saturated rings. The summed E-state index contributed by atoms with van der Waals surface area (Å²) < 4.78 is 42.9. The van der Waals surface area contributed by atoms with Crippen LogP contribution >= 0.6 is 0 Å². The van der Waals surface area contributed by atoms with E-state index in [1.807, 2.05) is 0 Å². The minimum absolute atomic E-state index is 0.0726. The second-order valence-electron chi connectivity index (χ2n) is 5.80. The number of alkyl halides is 3. The zero-order valence-electron chi connectivity index (χ0n) is 10.5. The predicted molar refractivity (Wildman–Crippen MR) is 61.1 cm³/mol. The van der Waals surface area contributed by atoms with Gasteiger partial charge < -0.3 is 9.84 Å². The highest BCUT2D eigenvalue weighted by molar-refractivity contribution is 4.89. The Kier molecular flexibility index (Phi) is 4.22. The van der Waals surface area contributed by atoms with Crippen LogP contribution in [-0.2, 0) is 4.74 Å². The van der Waals surface area contributed by atoms with Gasteiger partial charge >= 0.3 is 6.18 Å². The smallest absolute Gasteiger partial charge is 0.390 e. The van der Waals surface area contributed by atoms with E-state index in [-0.39, 0.29) is 25.7 Å². The lowest BCUT2D eigenvalue weighted by molar-refractivity contribution is -0.193. The first-order valence-corrected chi connectivity index (χ1v) is 6.76. The van der Waals surface area contributed by atoms with Crippen LogP contribution in [0, 0.1) is 11.8 Å². The molecule has 2 nitrogen and oxygen atoms in total. The Hall–Kier alpha value is -0.290. The summed E-state index contributed by atoms with van der Waals surface area (Å²) in [4.78, 5) is 0. The fraction of sp³-hybridized carbons (Fsp3) is 1.00. The molecule has 1 saturated carbocycles. The molecule has 5 heteroatoms.